The summed E-state index contributed by atoms with van der Waals surface area (Å²) in [7, 11) is 0. The van der Waals surface area contributed by atoms with Crippen molar-refractivity contribution < 1.29 is 8.83 Å². The lowest BCUT2D eigenvalue weighted by molar-refractivity contribution is 0.590. The third-order valence-electron chi connectivity index (χ3n) is 17.3. The SMILES string of the molecule is Cc1ccc(-c2cc3c(c4c2oc2ccccc24)-c2ccc(N(c4ccc(C(C)(C)C)cc4)c4ccc5c(c4)C(C)(C)c4c6c(c7c(oc8ccccc87)c4-5)-c4ccccc4C6(C)C)cc2C3(C)C)c(C)c1. The molecule has 0 saturated carbocycles. The van der Waals surface area contributed by atoms with Gasteiger partial charge in [0.2, 0.25) is 0 Å². The second-order valence-corrected chi connectivity index (χ2v) is 23.8. The van der Waals surface area contributed by atoms with Gasteiger partial charge in [-0.05, 0) is 152 Å². The fraction of sp³-hybridized carbons (Fsp3) is 0.217. The van der Waals surface area contributed by atoms with E-state index in [1.165, 1.54) is 105 Å². The molecule has 0 radical (unpaired) electrons. The number of benzene rings is 9. The second kappa shape index (κ2) is 14.3. The van der Waals surface area contributed by atoms with Crippen molar-refractivity contribution in [2.45, 2.75) is 97.8 Å². The predicted molar refractivity (Wildman–Crippen MR) is 302 cm³/mol. The lowest BCUT2D eigenvalue weighted by Gasteiger charge is -2.32. The van der Waals surface area contributed by atoms with E-state index in [9.17, 15) is 0 Å². The molecule has 72 heavy (non-hydrogen) atoms. The molecule has 0 atom stereocenters. The van der Waals surface area contributed by atoms with Crippen LogP contribution in [0.5, 0.6) is 0 Å². The Morgan fingerprint density at radius 2 is 0.917 bits per heavy atom. The summed E-state index contributed by atoms with van der Waals surface area (Å²) in [5.74, 6) is 0. The first kappa shape index (κ1) is 43.2. The Balaban J connectivity index is 0.988. The smallest absolute Gasteiger partial charge is 0.144 e. The molecule has 0 spiro atoms. The van der Waals surface area contributed by atoms with Crippen LogP contribution in [0.4, 0.5) is 17.1 Å². The molecule has 3 heteroatoms. The largest absolute Gasteiger partial charge is 0.455 e. The molecular weight excluding hydrogens is 875 g/mol. The molecule has 14 rings (SSSR count). The molecule has 9 aromatic carbocycles. The maximum absolute atomic E-state index is 7.07. The quantitative estimate of drug-likeness (QED) is 0.176. The van der Waals surface area contributed by atoms with Gasteiger partial charge in [0.25, 0.3) is 0 Å². The predicted octanol–water partition coefficient (Wildman–Crippen LogP) is 19.5. The van der Waals surface area contributed by atoms with Crippen molar-refractivity contribution in [2.24, 2.45) is 0 Å². The fourth-order valence-corrected chi connectivity index (χ4v) is 13.8. The number of para-hydroxylation sites is 2. The highest BCUT2D eigenvalue weighted by atomic mass is 16.3. The molecule has 3 nitrogen and oxygen atoms in total. The van der Waals surface area contributed by atoms with Gasteiger partial charge in [0, 0.05) is 66.0 Å². The number of fused-ring (bicyclic) bond motifs is 19. The minimum atomic E-state index is -0.340. The zero-order valence-electron chi connectivity index (χ0n) is 43.3. The first-order valence-electron chi connectivity index (χ1n) is 25.8. The van der Waals surface area contributed by atoms with E-state index >= 15 is 0 Å². The summed E-state index contributed by atoms with van der Waals surface area (Å²) >= 11 is 0. The molecule has 2 aromatic heterocycles. The molecule has 3 aliphatic carbocycles. The topological polar surface area (TPSA) is 29.5 Å². The molecule has 0 saturated heterocycles. The van der Waals surface area contributed by atoms with Crippen molar-refractivity contribution in [3.05, 3.63) is 208 Å². The van der Waals surface area contributed by atoms with E-state index in [1.807, 2.05) is 0 Å². The molecule has 11 aromatic rings. The van der Waals surface area contributed by atoms with Crippen LogP contribution in [0.1, 0.15) is 112 Å². The third kappa shape index (κ3) is 5.63. The second-order valence-electron chi connectivity index (χ2n) is 23.8. The Hall–Kier alpha value is -7.62. The van der Waals surface area contributed by atoms with Crippen LogP contribution in [0.2, 0.25) is 0 Å². The van der Waals surface area contributed by atoms with E-state index < -0.39 is 0 Å². The number of rotatable bonds is 4. The number of hydrogen-bond acceptors (Lipinski definition) is 3. The van der Waals surface area contributed by atoms with Crippen LogP contribution < -0.4 is 4.90 Å². The van der Waals surface area contributed by atoms with Crippen molar-refractivity contribution in [3.8, 4) is 44.5 Å². The van der Waals surface area contributed by atoms with Crippen molar-refractivity contribution >= 4 is 60.9 Å². The van der Waals surface area contributed by atoms with Crippen LogP contribution in [0, 0.1) is 13.8 Å². The molecule has 0 unspecified atom stereocenters. The summed E-state index contributed by atoms with van der Waals surface area (Å²) in [6, 6.07) is 59.2. The molecule has 0 aliphatic heterocycles. The monoisotopic (exact) mass is 933 g/mol. The maximum atomic E-state index is 7.07. The minimum Gasteiger partial charge on any atom is -0.455 e. The van der Waals surface area contributed by atoms with Gasteiger partial charge in [0.05, 0.1) is 0 Å². The molecule has 0 amide bonds. The summed E-state index contributed by atoms with van der Waals surface area (Å²) in [5, 5.41) is 4.76. The first-order valence-corrected chi connectivity index (χ1v) is 25.8. The highest BCUT2D eigenvalue weighted by Gasteiger charge is 2.49. The van der Waals surface area contributed by atoms with Crippen molar-refractivity contribution in [2.75, 3.05) is 4.90 Å². The Kier molecular flexibility index (Phi) is 8.57. The zero-order chi connectivity index (χ0) is 49.5. The van der Waals surface area contributed by atoms with Crippen LogP contribution in [-0.4, -0.2) is 0 Å². The Bertz CT molecular complexity index is 4180. The summed E-state index contributed by atoms with van der Waals surface area (Å²) in [5.41, 5.74) is 28.4. The summed E-state index contributed by atoms with van der Waals surface area (Å²) in [6.07, 6.45) is 0. The lowest BCUT2D eigenvalue weighted by Crippen LogP contribution is -2.24. The number of aryl methyl sites for hydroxylation is 2. The average molecular weight is 934 g/mol. The molecule has 0 bridgehead atoms. The van der Waals surface area contributed by atoms with E-state index in [2.05, 4.69) is 239 Å². The number of anilines is 3. The molecule has 0 N–H and O–H groups in total. The number of hydrogen-bond donors (Lipinski definition) is 0. The standard InChI is InChI=1S/C69H59NO2/c1-38-24-31-44(39(2)34-38)50-37-54-57(59-48-19-13-16-22-55(48)71-64(50)59)46-32-29-42(35-52(46)67(54,6)7)70(41-27-25-40(26-28-41)66(3,4)5)43-30-33-47-53(36-43)69(10,11)63-61(47)65-60(49-20-14-17-23-56(49)72-65)58-45-18-12-15-21-51(45)68(8,9)62(58)63/h12-37H,1-11H3. The number of furan rings is 2. The molecule has 3 aliphatic rings. The van der Waals surface area contributed by atoms with E-state index in [0.717, 1.165) is 50.3 Å². The highest BCUT2D eigenvalue weighted by Crippen LogP contribution is 2.64. The lowest BCUT2D eigenvalue weighted by atomic mass is 9.72. The normalized spacial score (nSPS) is 15.5. The van der Waals surface area contributed by atoms with E-state index in [1.54, 1.807) is 0 Å². The van der Waals surface area contributed by atoms with Gasteiger partial charge in [-0.3, -0.25) is 0 Å². The van der Waals surface area contributed by atoms with Crippen molar-refractivity contribution in [3.63, 3.8) is 0 Å². The van der Waals surface area contributed by atoms with Gasteiger partial charge >= 0.3 is 0 Å². The van der Waals surface area contributed by atoms with Gasteiger partial charge in [-0.2, -0.15) is 0 Å². The number of nitrogens with zero attached hydrogens (tertiary/aromatic N) is 1. The third-order valence-corrected chi connectivity index (χ3v) is 17.3. The Labute approximate surface area is 422 Å². The van der Waals surface area contributed by atoms with Crippen LogP contribution in [0.3, 0.4) is 0 Å². The van der Waals surface area contributed by atoms with Gasteiger partial charge in [-0.25, -0.2) is 0 Å². The van der Waals surface area contributed by atoms with Crippen molar-refractivity contribution in [1.29, 1.82) is 0 Å². The van der Waals surface area contributed by atoms with Crippen LogP contribution in [0.15, 0.2) is 167 Å². The average Bonchev–Trinajstić information content (AvgIpc) is 4.11. The Morgan fingerprint density at radius 3 is 1.57 bits per heavy atom. The van der Waals surface area contributed by atoms with Crippen molar-refractivity contribution in [1.82, 2.24) is 0 Å². The summed E-state index contributed by atoms with van der Waals surface area (Å²) < 4.78 is 14.0. The van der Waals surface area contributed by atoms with Gasteiger partial charge in [-0.15, -0.1) is 0 Å². The van der Waals surface area contributed by atoms with Gasteiger partial charge < -0.3 is 13.7 Å². The Morgan fingerprint density at radius 1 is 0.403 bits per heavy atom. The molecular formula is C69H59NO2. The van der Waals surface area contributed by atoms with Gasteiger partial charge in [0.1, 0.15) is 22.3 Å². The summed E-state index contributed by atoms with van der Waals surface area (Å²) in [4.78, 5) is 2.50. The van der Waals surface area contributed by atoms with Gasteiger partial charge in [0.15, 0.2) is 0 Å². The first-order chi connectivity index (χ1) is 34.4. The van der Waals surface area contributed by atoms with E-state index in [0.29, 0.717) is 0 Å². The maximum Gasteiger partial charge on any atom is 0.144 e. The molecule has 352 valence electrons. The van der Waals surface area contributed by atoms with Crippen LogP contribution >= 0.6 is 0 Å². The van der Waals surface area contributed by atoms with Crippen LogP contribution in [-0.2, 0) is 21.7 Å². The summed E-state index contributed by atoms with van der Waals surface area (Å²) in [6.45, 7) is 25.8. The van der Waals surface area contributed by atoms with Crippen LogP contribution in [0.25, 0.3) is 88.4 Å². The molecule has 2 heterocycles. The minimum absolute atomic E-state index is 0.0182. The molecule has 0 fully saturated rings. The van der Waals surface area contributed by atoms with E-state index in [4.69, 9.17) is 8.83 Å². The fourth-order valence-electron chi connectivity index (χ4n) is 13.8. The highest BCUT2D eigenvalue weighted by molar-refractivity contribution is 6.21. The van der Waals surface area contributed by atoms with Gasteiger partial charge in [-0.1, -0.05) is 171 Å². The zero-order valence-corrected chi connectivity index (χ0v) is 43.3. The van der Waals surface area contributed by atoms with E-state index in [-0.39, 0.29) is 21.7 Å².